The Hall–Kier alpha value is -0.710. The third kappa shape index (κ3) is 2.76. The second-order valence-corrected chi connectivity index (χ2v) is 5.50. The first-order valence-corrected chi connectivity index (χ1v) is 7.33. The molecular weight excluding hydrogens is 296 g/mol. The van der Waals surface area contributed by atoms with Gasteiger partial charge in [-0.15, -0.1) is 0 Å². The van der Waals surface area contributed by atoms with Crippen molar-refractivity contribution < 1.29 is 0 Å². The Bertz CT molecular complexity index is 496. The lowest BCUT2D eigenvalue weighted by Crippen LogP contribution is -2.22. The Morgan fingerprint density at radius 3 is 2.82 bits per heavy atom. The summed E-state index contributed by atoms with van der Waals surface area (Å²) < 4.78 is 1.16. The predicted octanol–water partition coefficient (Wildman–Crippen LogP) is 3.91. The van der Waals surface area contributed by atoms with Crippen molar-refractivity contribution in [3.8, 4) is 0 Å². The molecule has 0 bridgehead atoms. The molecule has 0 aliphatic carbocycles. The largest absolute Gasteiger partial charge is 0.306 e. The number of hydrogen-bond donors (Lipinski definition) is 1. The summed E-state index contributed by atoms with van der Waals surface area (Å²) in [7, 11) is 0. The highest BCUT2D eigenvalue weighted by Crippen LogP contribution is 2.32. The Morgan fingerprint density at radius 2 is 2.24 bits per heavy atom. The van der Waals surface area contributed by atoms with Crippen LogP contribution >= 0.6 is 27.3 Å². The molecule has 2 nitrogen and oxygen atoms in total. The number of aryl methyl sites for hydroxylation is 1. The normalized spacial score (nSPS) is 12.6. The van der Waals surface area contributed by atoms with E-state index in [9.17, 15) is 0 Å². The summed E-state index contributed by atoms with van der Waals surface area (Å²) in [5.74, 6) is 0. The van der Waals surface area contributed by atoms with Gasteiger partial charge in [0.05, 0.1) is 6.04 Å². The fourth-order valence-electron chi connectivity index (χ4n) is 1.87. The van der Waals surface area contributed by atoms with Crippen LogP contribution in [0.1, 0.15) is 29.7 Å². The van der Waals surface area contributed by atoms with Gasteiger partial charge in [-0.05, 0) is 57.5 Å². The Kier molecular flexibility index (Phi) is 4.31. The standard InChI is InChI=1S/C13H15BrN2S/c1-3-16-13(11-7-17-8-12(11)14)10-6-15-5-4-9(10)2/h4-8,13,16H,3H2,1-2H3. The van der Waals surface area contributed by atoms with Crippen molar-refractivity contribution in [2.45, 2.75) is 19.9 Å². The highest BCUT2D eigenvalue weighted by atomic mass is 79.9. The van der Waals surface area contributed by atoms with Crippen LogP contribution in [0.25, 0.3) is 0 Å². The maximum absolute atomic E-state index is 4.24. The van der Waals surface area contributed by atoms with Crippen LogP contribution in [0.15, 0.2) is 33.7 Å². The molecule has 0 saturated heterocycles. The highest BCUT2D eigenvalue weighted by Gasteiger charge is 2.18. The lowest BCUT2D eigenvalue weighted by Gasteiger charge is -2.19. The summed E-state index contributed by atoms with van der Waals surface area (Å²) in [6, 6.07) is 2.27. The molecule has 17 heavy (non-hydrogen) atoms. The average Bonchev–Trinajstić information content (AvgIpc) is 2.74. The smallest absolute Gasteiger partial charge is 0.0614 e. The van der Waals surface area contributed by atoms with Gasteiger partial charge in [0.25, 0.3) is 0 Å². The Morgan fingerprint density at radius 1 is 1.41 bits per heavy atom. The second kappa shape index (κ2) is 5.76. The lowest BCUT2D eigenvalue weighted by atomic mass is 9.99. The molecule has 2 aromatic heterocycles. The lowest BCUT2D eigenvalue weighted by molar-refractivity contribution is 0.625. The molecule has 0 radical (unpaired) electrons. The fourth-order valence-corrected chi connectivity index (χ4v) is 3.42. The molecule has 0 saturated carbocycles. The number of halogens is 1. The van der Waals surface area contributed by atoms with E-state index in [0.717, 1.165) is 11.0 Å². The van der Waals surface area contributed by atoms with Gasteiger partial charge in [-0.2, -0.15) is 11.3 Å². The molecular formula is C13H15BrN2S. The Labute approximate surface area is 114 Å². The van der Waals surface area contributed by atoms with Crippen LogP contribution < -0.4 is 5.32 Å². The molecule has 4 heteroatoms. The van der Waals surface area contributed by atoms with Gasteiger partial charge in [0.2, 0.25) is 0 Å². The van der Waals surface area contributed by atoms with Crippen molar-refractivity contribution in [2.75, 3.05) is 6.54 Å². The maximum atomic E-state index is 4.24. The first kappa shape index (κ1) is 12.7. The van der Waals surface area contributed by atoms with Gasteiger partial charge in [-0.3, -0.25) is 4.98 Å². The van der Waals surface area contributed by atoms with Gasteiger partial charge in [0.15, 0.2) is 0 Å². The third-order valence-corrected chi connectivity index (χ3v) is 4.50. The second-order valence-electron chi connectivity index (χ2n) is 3.90. The minimum atomic E-state index is 0.217. The van der Waals surface area contributed by atoms with Crippen molar-refractivity contribution >= 4 is 27.3 Å². The van der Waals surface area contributed by atoms with Crippen LogP contribution in [0.2, 0.25) is 0 Å². The van der Waals surface area contributed by atoms with Gasteiger partial charge in [-0.25, -0.2) is 0 Å². The first-order valence-electron chi connectivity index (χ1n) is 5.59. The monoisotopic (exact) mass is 310 g/mol. The van der Waals surface area contributed by atoms with Crippen molar-refractivity contribution in [1.82, 2.24) is 10.3 Å². The summed E-state index contributed by atoms with van der Waals surface area (Å²) in [4.78, 5) is 4.24. The predicted molar refractivity (Wildman–Crippen MR) is 76.5 cm³/mol. The van der Waals surface area contributed by atoms with Gasteiger partial charge in [-0.1, -0.05) is 6.92 Å². The van der Waals surface area contributed by atoms with E-state index in [1.165, 1.54) is 16.7 Å². The van der Waals surface area contributed by atoms with E-state index in [2.05, 4.69) is 56.9 Å². The number of nitrogens with zero attached hydrogens (tertiary/aromatic N) is 1. The molecule has 1 N–H and O–H groups in total. The first-order chi connectivity index (χ1) is 8.24. The van der Waals surface area contributed by atoms with Crippen LogP contribution in [0.5, 0.6) is 0 Å². The summed E-state index contributed by atoms with van der Waals surface area (Å²) in [6.45, 7) is 5.18. The van der Waals surface area contributed by atoms with E-state index in [0.29, 0.717) is 0 Å². The number of thiophene rings is 1. The number of rotatable bonds is 4. The van der Waals surface area contributed by atoms with E-state index in [1.54, 1.807) is 11.3 Å². The zero-order valence-electron chi connectivity index (χ0n) is 9.90. The minimum Gasteiger partial charge on any atom is -0.306 e. The van der Waals surface area contributed by atoms with E-state index < -0.39 is 0 Å². The summed E-state index contributed by atoms with van der Waals surface area (Å²) in [5.41, 5.74) is 3.80. The van der Waals surface area contributed by atoms with E-state index >= 15 is 0 Å². The molecule has 2 heterocycles. The highest BCUT2D eigenvalue weighted by molar-refractivity contribution is 9.10. The summed E-state index contributed by atoms with van der Waals surface area (Å²) in [6.07, 6.45) is 3.79. The third-order valence-electron chi connectivity index (χ3n) is 2.75. The van der Waals surface area contributed by atoms with Crippen molar-refractivity contribution in [3.63, 3.8) is 0 Å². The fraction of sp³-hybridized carbons (Fsp3) is 0.308. The summed E-state index contributed by atoms with van der Waals surface area (Å²) in [5, 5.41) is 7.82. The molecule has 1 atom stereocenters. The topological polar surface area (TPSA) is 24.9 Å². The number of hydrogen-bond acceptors (Lipinski definition) is 3. The van der Waals surface area contributed by atoms with Crippen molar-refractivity contribution in [2.24, 2.45) is 0 Å². The van der Waals surface area contributed by atoms with Crippen LogP contribution in [-0.4, -0.2) is 11.5 Å². The van der Waals surface area contributed by atoms with Crippen LogP contribution in [0.3, 0.4) is 0 Å². The molecule has 0 fully saturated rings. The number of nitrogens with one attached hydrogen (secondary N) is 1. The van der Waals surface area contributed by atoms with Gasteiger partial charge in [0.1, 0.15) is 0 Å². The van der Waals surface area contributed by atoms with E-state index in [4.69, 9.17) is 0 Å². The van der Waals surface area contributed by atoms with Gasteiger partial charge in [0, 0.05) is 22.2 Å². The number of pyridine rings is 1. The number of aromatic nitrogens is 1. The van der Waals surface area contributed by atoms with Crippen LogP contribution in [-0.2, 0) is 0 Å². The summed E-state index contributed by atoms with van der Waals surface area (Å²) >= 11 is 5.32. The molecule has 0 aromatic carbocycles. The van der Waals surface area contributed by atoms with Crippen molar-refractivity contribution in [3.05, 3.63) is 50.4 Å². The SMILES string of the molecule is CCNC(c1cnccc1C)c1cscc1Br. The molecule has 0 aliphatic rings. The van der Waals surface area contributed by atoms with E-state index in [1.807, 2.05) is 12.4 Å². The molecule has 1 unspecified atom stereocenters. The van der Waals surface area contributed by atoms with Crippen molar-refractivity contribution in [1.29, 1.82) is 0 Å². The molecule has 2 rings (SSSR count). The van der Waals surface area contributed by atoms with Gasteiger partial charge >= 0.3 is 0 Å². The zero-order chi connectivity index (χ0) is 12.3. The van der Waals surface area contributed by atoms with Crippen LogP contribution in [0.4, 0.5) is 0 Å². The maximum Gasteiger partial charge on any atom is 0.0614 e. The molecule has 0 amide bonds. The molecule has 0 aliphatic heterocycles. The molecule has 0 spiro atoms. The van der Waals surface area contributed by atoms with Crippen LogP contribution in [0, 0.1) is 6.92 Å². The van der Waals surface area contributed by atoms with Gasteiger partial charge < -0.3 is 5.32 Å². The average molecular weight is 311 g/mol. The quantitative estimate of drug-likeness (QED) is 0.926. The molecule has 2 aromatic rings. The van der Waals surface area contributed by atoms with E-state index in [-0.39, 0.29) is 6.04 Å². The minimum absolute atomic E-state index is 0.217. The molecule has 90 valence electrons. The zero-order valence-corrected chi connectivity index (χ0v) is 12.3. The Balaban J connectivity index is 2.43.